The average molecular weight is 525 g/mol. The van der Waals surface area contributed by atoms with Crippen LogP contribution in [0.4, 0.5) is 4.39 Å². The molecule has 0 radical (unpaired) electrons. The maximum atomic E-state index is 15.6. The third-order valence-corrected chi connectivity index (χ3v) is 7.14. The van der Waals surface area contributed by atoms with Crippen molar-refractivity contribution in [2.24, 2.45) is 0 Å². The molecular weight excluding hydrogens is 499 g/mol. The minimum Gasteiger partial charge on any atom is -0.457 e. The number of halogens is 1. The van der Waals surface area contributed by atoms with Crippen LogP contribution in [-0.4, -0.2) is 19.3 Å². The van der Waals surface area contributed by atoms with Crippen LogP contribution >= 0.6 is 0 Å². The van der Waals surface area contributed by atoms with Crippen LogP contribution in [0.1, 0.15) is 11.3 Å². The molecule has 194 valence electrons. The van der Waals surface area contributed by atoms with Gasteiger partial charge in [0.2, 0.25) is 5.95 Å². The highest BCUT2D eigenvalue weighted by molar-refractivity contribution is 6.09. The number of aryl methyl sites for hydroxylation is 2. The summed E-state index contributed by atoms with van der Waals surface area (Å²) in [5.41, 5.74) is 5.70. The average Bonchev–Trinajstić information content (AvgIpc) is 3.46. The van der Waals surface area contributed by atoms with Gasteiger partial charge in [-0.2, -0.15) is 9.49 Å². The number of fused-ring (bicyclic) bond motifs is 3. The Balaban J connectivity index is 1.29. The van der Waals surface area contributed by atoms with E-state index >= 15 is 4.39 Å². The molecule has 7 rings (SSSR count). The first-order chi connectivity index (χ1) is 19.6. The SMILES string of the molecule is Cc1ccnc(-n2c3ccccc3c3ccc(Oc4cccc(-n5nc(C)c(-c6ccccc6)c5F)c4)cc32)c1. The lowest BCUT2D eigenvalue weighted by atomic mass is 10.1. The van der Waals surface area contributed by atoms with Gasteiger partial charge in [0.1, 0.15) is 17.3 Å². The van der Waals surface area contributed by atoms with Crippen LogP contribution in [0.5, 0.6) is 11.5 Å². The van der Waals surface area contributed by atoms with Gasteiger partial charge in [0.05, 0.1) is 28.0 Å². The fourth-order valence-electron chi connectivity index (χ4n) is 5.32. The Morgan fingerprint density at radius 2 is 1.48 bits per heavy atom. The molecule has 0 aliphatic rings. The number of rotatable bonds is 5. The van der Waals surface area contributed by atoms with Crippen molar-refractivity contribution in [3.8, 4) is 34.1 Å². The molecule has 0 unspecified atom stereocenters. The van der Waals surface area contributed by atoms with Crippen LogP contribution in [0, 0.1) is 19.8 Å². The molecule has 0 fully saturated rings. The Hall–Kier alpha value is -5.23. The molecule has 0 aliphatic heterocycles. The number of para-hydroxylation sites is 1. The molecule has 0 saturated carbocycles. The maximum absolute atomic E-state index is 15.6. The second-order valence-corrected chi connectivity index (χ2v) is 9.85. The number of ether oxygens (including phenoxy) is 1. The van der Waals surface area contributed by atoms with Gasteiger partial charge in [-0.1, -0.05) is 54.6 Å². The third-order valence-electron chi connectivity index (χ3n) is 7.14. The zero-order chi connectivity index (χ0) is 27.2. The second kappa shape index (κ2) is 9.50. The van der Waals surface area contributed by atoms with E-state index in [0.717, 1.165) is 38.8 Å². The first-order valence-electron chi connectivity index (χ1n) is 13.1. The molecule has 3 heterocycles. The number of hydrogen-bond donors (Lipinski definition) is 0. The normalized spacial score (nSPS) is 11.4. The summed E-state index contributed by atoms with van der Waals surface area (Å²) in [6.07, 6.45) is 1.83. The summed E-state index contributed by atoms with van der Waals surface area (Å²) in [7, 11) is 0. The van der Waals surface area contributed by atoms with Gasteiger partial charge in [0.15, 0.2) is 0 Å². The van der Waals surface area contributed by atoms with Crippen LogP contribution in [0.15, 0.2) is 115 Å². The number of benzene rings is 4. The van der Waals surface area contributed by atoms with E-state index in [9.17, 15) is 0 Å². The van der Waals surface area contributed by atoms with E-state index in [2.05, 4.69) is 45.8 Å². The number of hydrogen-bond acceptors (Lipinski definition) is 3. The molecule has 40 heavy (non-hydrogen) atoms. The number of nitrogens with zero attached hydrogens (tertiary/aromatic N) is 4. The van der Waals surface area contributed by atoms with Gasteiger partial charge in [-0.25, -0.2) is 9.67 Å². The largest absolute Gasteiger partial charge is 0.457 e. The van der Waals surface area contributed by atoms with Crippen LogP contribution < -0.4 is 4.74 Å². The Labute approximate surface area is 230 Å². The molecule has 6 heteroatoms. The van der Waals surface area contributed by atoms with Gasteiger partial charge in [0.25, 0.3) is 0 Å². The smallest absolute Gasteiger partial charge is 0.224 e. The second-order valence-electron chi connectivity index (χ2n) is 9.85. The van der Waals surface area contributed by atoms with Crippen molar-refractivity contribution in [2.45, 2.75) is 13.8 Å². The lowest BCUT2D eigenvalue weighted by Gasteiger charge is -2.10. The molecule has 0 N–H and O–H groups in total. The topological polar surface area (TPSA) is 44.9 Å². The van der Waals surface area contributed by atoms with E-state index < -0.39 is 5.95 Å². The number of aromatic nitrogens is 4. The predicted octanol–water partition coefficient (Wildman–Crippen LogP) is 8.58. The molecule has 7 aromatic rings. The summed E-state index contributed by atoms with van der Waals surface area (Å²) in [5, 5.41) is 6.76. The van der Waals surface area contributed by atoms with Crippen LogP contribution in [0.3, 0.4) is 0 Å². The Bertz CT molecular complexity index is 2020. The van der Waals surface area contributed by atoms with Crippen molar-refractivity contribution < 1.29 is 9.13 Å². The Morgan fingerprint density at radius 3 is 2.33 bits per heavy atom. The lowest BCUT2D eigenvalue weighted by Crippen LogP contribution is -2.00. The number of pyridine rings is 1. The van der Waals surface area contributed by atoms with E-state index in [1.165, 1.54) is 4.68 Å². The van der Waals surface area contributed by atoms with Gasteiger partial charge in [-0.15, -0.1) is 0 Å². The van der Waals surface area contributed by atoms with Crippen LogP contribution in [0.2, 0.25) is 0 Å². The van der Waals surface area contributed by atoms with E-state index in [1.54, 1.807) is 6.07 Å². The third kappa shape index (κ3) is 4.01. The monoisotopic (exact) mass is 524 g/mol. The van der Waals surface area contributed by atoms with Crippen LogP contribution in [-0.2, 0) is 0 Å². The fraction of sp³-hybridized carbons (Fsp3) is 0.0588. The van der Waals surface area contributed by atoms with Crippen molar-refractivity contribution in [1.29, 1.82) is 0 Å². The van der Waals surface area contributed by atoms with Gasteiger partial charge >= 0.3 is 0 Å². The van der Waals surface area contributed by atoms with Crippen molar-refractivity contribution in [3.05, 3.63) is 133 Å². The highest BCUT2D eigenvalue weighted by Crippen LogP contribution is 2.35. The molecule has 0 saturated heterocycles. The van der Waals surface area contributed by atoms with Crippen molar-refractivity contribution >= 4 is 21.8 Å². The fourth-order valence-corrected chi connectivity index (χ4v) is 5.32. The molecule has 0 bridgehead atoms. The molecule has 4 aromatic carbocycles. The highest BCUT2D eigenvalue weighted by atomic mass is 19.1. The molecular formula is C34H25FN4O. The first kappa shape index (κ1) is 23.9. The summed E-state index contributed by atoms with van der Waals surface area (Å²) in [6.45, 7) is 3.88. The summed E-state index contributed by atoms with van der Waals surface area (Å²) in [6, 6.07) is 35.2. The summed E-state index contributed by atoms with van der Waals surface area (Å²) < 4.78 is 25.4. The molecule has 0 aliphatic carbocycles. The van der Waals surface area contributed by atoms with Crippen molar-refractivity contribution in [3.63, 3.8) is 0 Å². The van der Waals surface area contributed by atoms with Crippen LogP contribution in [0.25, 0.3) is 44.4 Å². The van der Waals surface area contributed by atoms with Crippen molar-refractivity contribution in [2.75, 3.05) is 0 Å². The molecule has 3 aromatic heterocycles. The highest BCUT2D eigenvalue weighted by Gasteiger charge is 2.19. The van der Waals surface area contributed by atoms with E-state index in [-0.39, 0.29) is 0 Å². The Morgan fingerprint density at radius 1 is 0.700 bits per heavy atom. The molecule has 0 atom stereocenters. The summed E-state index contributed by atoms with van der Waals surface area (Å²) >= 11 is 0. The zero-order valence-corrected chi connectivity index (χ0v) is 22.0. The lowest BCUT2D eigenvalue weighted by molar-refractivity contribution is 0.481. The first-order valence-corrected chi connectivity index (χ1v) is 13.1. The zero-order valence-electron chi connectivity index (χ0n) is 22.0. The standard InChI is InChI=1S/C34H25FN4O/c1-22-17-18-36-32(19-22)38-30-14-7-6-13-28(30)29-16-15-27(21-31(29)38)40-26-12-8-11-25(20-26)39-34(35)33(23(2)37-39)24-9-4-3-5-10-24/h3-21H,1-2H3. The quantitative estimate of drug-likeness (QED) is 0.227. The minimum atomic E-state index is -0.405. The molecule has 0 spiro atoms. The maximum Gasteiger partial charge on any atom is 0.224 e. The van der Waals surface area contributed by atoms with E-state index in [4.69, 9.17) is 4.74 Å². The van der Waals surface area contributed by atoms with Gasteiger partial charge in [-0.3, -0.25) is 4.57 Å². The van der Waals surface area contributed by atoms with Gasteiger partial charge < -0.3 is 4.74 Å². The van der Waals surface area contributed by atoms with Gasteiger partial charge in [-0.05, 0) is 67.4 Å². The molecule has 0 amide bonds. The van der Waals surface area contributed by atoms with E-state index in [1.807, 2.05) is 92.0 Å². The predicted molar refractivity (Wildman–Crippen MR) is 157 cm³/mol. The van der Waals surface area contributed by atoms with E-state index in [0.29, 0.717) is 28.4 Å². The van der Waals surface area contributed by atoms with Crippen molar-refractivity contribution in [1.82, 2.24) is 19.3 Å². The van der Waals surface area contributed by atoms with Gasteiger partial charge in [0, 0.05) is 29.1 Å². The Kier molecular flexibility index (Phi) is 5.67. The summed E-state index contributed by atoms with van der Waals surface area (Å²) in [5.74, 6) is 1.70. The summed E-state index contributed by atoms with van der Waals surface area (Å²) in [4.78, 5) is 4.66. The minimum absolute atomic E-state index is 0.405. The molecule has 5 nitrogen and oxygen atoms in total.